The van der Waals surface area contributed by atoms with E-state index in [0.717, 1.165) is 23.0 Å². The Morgan fingerprint density at radius 2 is 1.82 bits per heavy atom. The Hall–Kier alpha value is -2.76. The number of hydrogen-bond donors (Lipinski definition) is 2. The van der Waals surface area contributed by atoms with Crippen LogP contribution in [0.2, 0.25) is 0 Å². The van der Waals surface area contributed by atoms with Gasteiger partial charge in [-0.3, -0.25) is 4.79 Å². The number of anilines is 1. The maximum atomic E-state index is 12.7. The zero-order valence-corrected chi connectivity index (χ0v) is 11.2. The van der Waals surface area contributed by atoms with Gasteiger partial charge in [0.05, 0.1) is 11.3 Å². The summed E-state index contributed by atoms with van der Waals surface area (Å²) in [6.45, 7) is 0. The third-order valence-corrected chi connectivity index (χ3v) is 3.30. The second-order valence-electron chi connectivity index (χ2n) is 4.78. The van der Waals surface area contributed by atoms with Crippen LogP contribution in [0, 0.1) is 0 Å². The predicted octanol–water partition coefficient (Wildman–Crippen LogP) is 4.44. The number of fused-ring (bicyclic) bond motifs is 1. The van der Waals surface area contributed by atoms with Crippen molar-refractivity contribution >= 4 is 22.5 Å². The Bertz CT molecular complexity index is 837. The van der Waals surface area contributed by atoms with E-state index in [0.29, 0.717) is 5.69 Å². The second kappa shape index (κ2) is 5.22. The molecule has 0 fully saturated rings. The van der Waals surface area contributed by atoms with E-state index in [2.05, 4.69) is 10.3 Å². The van der Waals surface area contributed by atoms with Gasteiger partial charge in [-0.15, -0.1) is 0 Å². The van der Waals surface area contributed by atoms with E-state index >= 15 is 0 Å². The fourth-order valence-corrected chi connectivity index (χ4v) is 2.23. The molecule has 0 aliphatic rings. The van der Waals surface area contributed by atoms with Gasteiger partial charge in [0.25, 0.3) is 5.91 Å². The van der Waals surface area contributed by atoms with Gasteiger partial charge in [0.1, 0.15) is 0 Å². The van der Waals surface area contributed by atoms with Crippen molar-refractivity contribution in [3.8, 4) is 0 Å². The summed E-state index contributed by atoms with van der Waals surface area (Å²) in [6.07, 6.45) is -2.75. The molecule has 1 heterocycles. The van der Waals surface area contributed by atoms with Crippen LogP contribution in [0.25, 0.3) is 10.9 Å². The van der Waals surface area contributed by atoms with Crippen molar-refractivity contribution in [2.45, 2.75) is 6.18 Å². The van der Waals surface area contributed by atoms with Gasteiger partial charge in [-0.25, -0.2) is 0 Å². The molecular formula is C16H11F3N2O. The van der Waals surface area contributed by atoms with Crippen LogP contribution in [0.5, 0.6) is 0 Å². The monoisotopic (exact) mass is 304 g/mol. The average molecular weight is 304 g/mol. The van der Waals surface area contributed by atoms with Gasteiger partial charge in [-0.05, 0) is 36.4 Å². The molecule has 0 aliphatic heterocycles. The molecule has 1 aromatic heterocycles. The summed E-state index contributed by atoms with van der Waals surface area (Å²) in [4.78, 5) is 15.2. The normalized spacial score (nSPS) is 11.6. The lowest BCUT2D eigenvalue weighted by Crippen LogP contribution is -2.14. The maximum Gasteiger partial charge on any atom is 0.416 e. The van der Waals surface area contributed by atoms with Gasteiger partial charge >= 0.3 is 6.18 Å². The molecule has 3 nitrogen and oxygen atoms in total. The average Bonchev–Trinajstić information content (AvgIpc) is 2.96. The SMILES string of the molecule is O=C(Nc1cccc2[nH]ccc12)c1cccc(C(F)(F)F)c1. The number of nitrogens with one attached hydrogen (secondary N) is 2. The third-order valence-electron chi connectivity index (χ3n) is 3.30. The number of carbonyl (C=O) groups is 1. The van der Waals surface area contributed by atoms with Crippen LogP contribution in [-0.4, -0.2) is 10.9 Å². The Morgan fingerprint density at radius 3 is 2.59 bits per heavy atom. The molecule has 22 heavy (non-hydrogen) atoms. The summed E-state index contributed by atoms with van der Waals surface area (Å²) in [6, 6.07) is 11.4. The standard InChI is InChI=1S/C16H11F3N2O/c17-16(18,19)11-4-1-3-10(9-11)15(22)21-14-6-2-5-13-12(14)7-8-20-13/h1-9,20H,(H,21,22). The first-order valence-electron chi connectivity index (χ1n) is 6.50. The summed E-state index contributed by atoms with van der Waals surface area (Å²) in [5, 5.41) is 3.43. The van der Waals surface area contributed by atoms with Crippen molar-refractivity contribution in [2.24, 2.45) is 0 Å². The number of halogens is 3. The number of rotatable bonds is 2. The van der Waals surface area contributed by atoms with Crippen molar-refractivity contribution in [3.05, 3.63) is 65.9 Å². The molecule has 2 aromatic carbocycles. The molecule has 0 saturated carbocycles. The summed E-state index contributed by atoms with van der Waals surface area (Å²) in [7, 11) is 0. The highest BCUT2D eigenvalue weighted by Crippen LogP contribution is 2.30. The van der Waals surface area contributed by atoms with Crippen molar-refractivity contribution < 1.29 is 18.0 Å². The van der Waals surface area contributed by atoms with Crippen LogP contribution in [0.1, 0.15) is 15.9 Å². The maximum absolute atomic E-state index is 12.7. The number of carbonyl (C=O) groups excluding carboxylic acids is 1. The van der Waals surface area contributed by atoms with Crippen LogP contribution in [0.4, 0.5) is 18.9 Å². The highest BCUT2D eigenvalue weighted by Gasteiger charge is 2.30. The molecule has 0 radical (unpaired) electrons. The van der Waals surface area contributed by atoms with Crippen molar-refractivity contribution in [3.63, 3.8) is 0 Å². The minimum absolute atomic E-state index is 0.0395. The molecule has 3 aromatic rings. The number of hydrogen-bond acceptors (Lipinski definition) is 1. The van der Waals surface area contributed by atoms with Crippen molar-refractivity contribution in [1.29, 1.82) is 0 Å². The van der Waals surface area contributed by atoms with Gasteiger partial charge in [-0.2, -0.15) is 13.2 Å². The molecule has 2 N–H and O–H groups in total. The van der Waals surface area contributed by atoms with E-state index in [1.165, 1.54) is 12.1 Å². The summed E-state index contributed by atoms with van der Waals surface area (Å²) in [5.74, 6) is -0.584. The van der Waals surface area contributed by atoms with E-state index in [1.54, 1.807) is 24.4 Å². The Balaban J connectivity index is 1.90. The second-order valence-corrected chi connectivity index (χ2v) is 4.78. The molecule has 0 unspecified atom stereocenters. The molecule has 0 spiro atoms. The van der Waals surface area contributed by atoms with Crippen LogP contribution in [-0.2, 0) is 6.18 Å². The van der Waals surface area contributed by atoms with E-state index in [-0.39, 0.29) is 5.56 Å². The number of amides is 1. The van der Waals surface area contributed by atoms with Gasteiger partial charge in [-0.1, -0.05) is 12.1 Å². The zero-order valence-electron chi connectivity index (χ0n) is 11.2. The lowest BCUT2D eigenvalue weighted by molar-refractivity contribution is -0.137. The van der Waals surface area contributed by atoms with Gasteiger partial charge < -0.3 is 10.3 Å². The van der Waals surface area contributed by atoms with Gasteiger partial charge in [0.2, 0.25) is 0 Å². The number of benzene rings is 2. The lowest BCUT2D eigenvalue weighted by atomic mass is 10.1. The number of H-pyrrole nitrogens is 1. The Morgan fingerprint density at radius 1 is 1.05 bits per heavy atom. The molecule has 112 valence electrons. The molecule has 0 aliphatic carbocycles. The molecule has 1 amide bonds. The topological polar surface area (TPSA) is 44.9 Å². The Labute approximate surface area is 123 Å². The fourth-order valence-electron chi connectivity index (χ4n) is 2.23. The number of alkyl halides is 3. The molecular weight excluding hydrogens is 293 g/mol. The minimum Gasteiger partial charge on any atom is -0.361 e. The van der Waals surface area contributed by atoms with Crippen molar-refractivity contribution in [1.82, 2.24) is 4.98 Å². The highest BCUT2D eigenvalue weighted by atomic mass is 19.4. The quantitative estimate of drug-likeness (QED) is 0.722. The number of aromatic amines is 1. The highest BCUT2D eigenvalue weighted by molar-refractivity contribution is 6.08. The zero-order chi connectivity index (χ0) is 15.7. The first-order chi connectivity index (χ1) is 10.4. The summed E-state index contributed by atoms with van der Waals surface area (Å²) >= 11 is 0. The molecule has 0 atom stereocenters. The van der Waals surface area contributed by atoms with Gasteiger partial charge in [0, 0.05) is 22.7 Å². The summed E-state index contributed by atoms with van der Waals surface area (Å²) < 4.78 is 38.1. The smallest absolute Gasteiger partial charge is 0.361 e. The van der Waals surface area contributed by atoms with Gasteiger partial charge in [0.15, 0.2) is 0 Å². The lowest BCUT2D eigenvalue weighted by Gasteiger charge is -2.10. The molecule has 6 heteroatoms. The van der Waals surface area contributed by atoms with Crippen LogP contribution < -0.4 is 5.32 Å². The van der Waals surface area contributed by atoms with Crippen LogP contribution in [0.3, 0.4) is 0 Å². The first-order valence-corrected chi connectivity index (χ1v) is 6.50. The molecule has 0 bridgehead atoms. The largest absolute Gasteiger partial charge is 0.416 e. The summed E-state index contributed by atoms with van der Waals surface area (Å²) in [5.41, 5.74) is 0.491. The number of aromatic nitrogens is 1. The predicted molar refractivity (Wildman–Crippen MR) is 77.7 cm³/mol. The van der Waals surface area contributed by atoms with E-state index in [4.69, 9.17) is 0 Å². The van der Waals surface area contributed by atoms with E-state index in [9.17, 15) is 18.0 Å². The first kappa shape index (κ1) is 14.2. The van der Waals surface area contributed by atoms with E-state index < -0.39 is 17.6 Å². The third kappa shape index (κ3) is 2.67. The van der Waals surface area contributed by atoms with E-state index in [1.807, 2.05) is 6.07 Å². The van der Waals surface area contributed by atoms with Crippen LogP contribution in [0.15, 0.2) is 54.7 Å². The minimum atomic E-state index is -4.48. The van der Waals surface area contributed by atoms with Crippen molar-refractivity contribution in [2.75, 3.05) is 5.32 Å². The fraction of sp³-hybridized carbons (Fsp3) is 0.0625. The molecule has 0 saturated heterocycles. The Kier molecular flexibility index (Phi) is 3.36. The molecule has 3 rings (SSSR count). The van der Waals surface area contributed by atoms with Crippen LogP contribution >= 0.6 is 0 Å².